The van der Waals surface area contributed by atoms with Crippen LogP contribution in [-0.4, -0.2) is 33.3 Å². The molecule has 15 heavy (non-hydrogen) atoms. The van der Waals surface area contributed by atoms with Crippen LogP contribution in [0.1, 0.15) is 6.42 Å². The van der Waals surface area contributed by atoms with Crippen LogP contribution in [0.5, 0.6) is 0 Å². The van der Waals surface area contributed by atoms with E-state index in [9.17, 15) is 15.2 Å². The number of hydrogen-bond acceptors (Lipinski definition) is 6. The van der Waals surface area contributed by atoms with Gasteiger partial charge in [0.25, 0.3) is 0 Å². The van der Waals surface area contributed by atoms with Crippen LogP contribution in [0.4, 0.5) is 5.95 Å². The van der Waals surface area contributed by atoms with Crippen LogP contribution in [0, 0.1) is 10.1 Å². The number of imidazole rings is 1. The Hall–Kier alpha value is -1.51. The number of aliphatic hydroxyl groups is 1. The summed E-state index contributed by atoms with van der Waals surface area (Å²) in [4.78, 5) is 13.3. The van der Waals surface area contributed by atoms with Crippen LogP contribution in [-0.2, 0) is 10.6 Å². The molecule has 0 aliphatic carbocycles. The van der Waals surface area contributed by atoms with E-state index in [0.29, 0.717) is 0 Å². The molecule has 84 valence electrons. The minimum atomic E-state index is -1.87. The van der Waals surface area contributed by atoms with Crippen LogP contribution in [0.15, 0.2) is 12.4 Å². The summed E-state index contributed by atoms with van der Waals surface area (Å²) in [6.45, 7) is 0.183. The lowest BCUT2D eigenvalue weighted by Gasteiger charge is -2.20. The first-order chi connectivity index (χ1) is 6.99. The third kappa shape index (κ3) is 2.49. The van der Waals surface area contributed by atoms with E-state index in [1.165, 1.54) is 19.5 Å². The molecule has 3 N–H and O–H groups in total. The Kier molecular flexibility index (Phi) is 3.35. The highest BCUT2D eigenvalue weighted by molar-refractivity contribution is 5.09. The number of ether oxygens (including phenoxy) is 1. The molecule has 0 aliphatic rings. The second kappa shape index (κ2) is 4.34. The van der Waals surface area contributed by atoms with Gasteiger partial charge in [0, 0.05) is 13.5 Å². The first kappa shape index (κ1) is 11.6. The van der Waals surface area contributed by atoms with Crippen molar-refractivity contribution in [2.24, 2.45) is 5.73 Å². The first-order valence-electron chi connectivity index (χ1n) is 4.17. The average molecular weight is 216 g/mol. The number of methoxy groups -OCH3 is 1. The minimum absolute atomic E-state index is 0.0285. The van der Waals surface area contributed by atoms with Crippen molar-refractivity contribution in [2.45, 2.75) is 12.3 Å². The fraction of sp³-hybridized carbons (Fsp3) is 0.571. The predicted molar refractivity (Wildman–Crippen MR) is 49.8 cm³/mol. The Balaban J connectivity index is 2.93. The van der Waals surface area contributed by atoms with E-state index in [-0.39, 0.29) is 13.0 Å². The number of nitrogens with two attached hydrogens (primary N) is 1. The van der Waals surface area contributed by atoms with Gasteiger partial charge in [-0.15, -0.1) is 0 Å². The monoisotopic (exact) mass is 216 g/mol. The maximum atomic E-state index is 10.5. The summed E-state index contributed by atoms with van der Waals surface area (Å²) in [5.74, 6) is -2.37. The molecule has 1 atom stereocenters. The fourth-order valence-corrected chi connectivity index (χ4v) is 1.11. The Morgan fingerprint density at radius 2 is 2.53 bits per heavy atom. The van der Waals surface area contributed by atoms with E-state index < -0.39 is 16.7 Å². The van der Waals surface area contributed by atoms with E-state index >= 15 is 0 Å². The number of rotatable bonds is 5. The number of hydrogen-bond donors (Lipinski definition) is 2. The van der Waals surface area contributed by atoms with E-state index in [4.69, 9.17) is 10.5 Å². The highest BCUT2D eigenvalue weighted by Gasteiger charge is 2.32. The molecule has 0 saturated carbocycles. The zero-order valence-electron chi connectivity index (χ0n) is 8.16. The van der Waals surface area contributed by atoms with Gasteiger partial charge in [-0.2, -0.15) is 4.57 Å². The standard InChI is InChI=1S/C7H12N4O4/c1-15-5-2-7(8,12)10-4-3-9-6(10)11(13)14/h3-4,12H,2,5,8H2,1H3. The van der Waals surface area contributed by atoms with Crippen molar-refractivity contribution in [1.29, 1.82) is 0 Å². The van der Waals surface area contributed by atoms with Crippen LogP contribution in [0.25, 0.3) is 0 Å². The summed E-state index contributed by atoms with van der Waals surface area (Å²) in [7, 11) is 1.44. The molecular weight excluding hydrogens is 204 g/mol. The summed E-state index contributed by atoms with van der Waals surface area (Å²) >= 11 is 0. The third-order valence-electron chi connectivity index (χ3n) is 1.88. The van der Waals surface area contributed by atoms with Crippen molar-refractivity contribution in [3.8, 4) is 0 Å². The van der Waals surface area contributed by atoms with Crippen molar-refractivity contribution in [3.05, 3.63) is 22.5 Å². The van der Waals surface area contributed by atoms with Gasteiger partial charge in [0.2, 0.25) is 5.85 Å². The highest BCUT2D eigenvalue weighted by Crippen LogP contribution is 2.18. The number of aromatic nitrogens is 2. The van der Waals surface area contributed by atoms with Gasteiger partial charge in [0.15, 0.2) is 0 Å². The molecule has 1 heterocycles. The molecular formula is C7H12N4O4. The Bertz CT molecular complexity index is 349. The molecule has 1 aromatic rings. The van der Waals surface area contributed by atoms with Gasteiger partial charge >= 0.3 is 5.95 Å². The van der Waals surface area contributed by atoms with Crippen molar-refractivity contribution >= 4 is 5.95 Å². The van der Waals surface area contributed by atoms with Crippen molar-refractivity contribution in [2.75, 3.05) is 13.7 Å². The summed E-state index contributed by atoms with van der Waals surface area (Å²) in [6.07, 6.45) is 2.47. The van der Waals surface area contributed by atoms with Gasteiger partial charge in [-0.1, -0.05) is 4.98 Å². The van der Waals surface area contributed by atoms with Gasteiger partial charge in [0.05, 0.1) is 6.61 Å². The molecule has 0 amide bonds. The fourth-order valence-electron chi connectivity index (χ4n) is 1.11. The molecule has 8 nitrogen and oxygen atoms in total. The molecule has 1 aromatic heterocycles. The topological polar surface area (TPSA) is 116 Å². The zero-order chi connectivity index (χ0) is 11.5. The Labute approximate surface area is 85.4 Å². The molecule has 0 bridgehead atoms. The second-order valence-electron chi connectivity index (χ2n) is 2.98. The largest absolute Gasteiger partial charge is 0.438 e. The number of nitrogens with zero attached hydrogens (tertiary/aromatic N) is 3. The van der Waals surface area contributed by atoms with E-state index in [2.05, 4.69) is 4.98 Å². The second-order valence-corrected chi connectivity index (χ2v) is 2.98. The van der Waals surface area contributed by atoms with Gasteiger partial charge in [0.1, 0.15) is 12.4 Å². The molecule has 0 saturated heterocycles. The van der Waals surface area contributed by atoms with Gasteiger partial charge in [-0.25, -0.2) is 0 Å². The zero-order valence-corrected chi connectivity index (χ0v) is 8.16. The van der Waals surface area contributed by atoms with Gasteiger partial charge < -0.3 is 20.0 Å². The summed E-state index contributed by atoms with van der Waals surface area (Å²) in [5, 5.41) is 20.3. The highest BCUT2D eigenvalue weighted by atomic mass is 16.6. The van der Waals surface area contributed by atoms with Crippen LogP contribution < -0.4 is 5.73 Å². The molecule has 8 heteroatoms. The normalized spacial score (nSPS) is 14.9. The molecule has 0 spiro atoms. The number of nitro groups is 1. The van der Waals surface area contributed by atoms with Crippen LogP contribution >= 0.6 is 0 Å². The maximum Gasteiger partial charge on any atom is 0.438 e. The summed E-state index contributed by atoms with van der Waals surface area (Å²) in [6, 6.07) is 0. The summed E-state index contributed by atoms with van der Waals surface area (Å²) in [5.41, 5.74) is 5.50. The molecule has 0 aliphatic heterocycles. The lowest BCUT2D eigenvalue weighted by molar-refractivity contribution is -0.400. The third-order valence-corrected chi connectivity index (χ3v) is 1.88. The Morgan fingerprint density at radius 1 is 1.87 bits per heavy atom. The van der Waals surface area contributed by atoms with E-state index in [1.807, 2.05) is 0 Å². The van der Waals surface area contributed by atoms with Crippen LogP contribution in [0.3, 0.4) is 0 Å². The van der Waals surface area contributed by atoms with E-state index in [1.54, 1.807) is 0 Å². The summed E-state index contributed by atoms with van der Waals surface area (Å²) < 4.78 is 5.63. The molecule has 0 radical (unpaired) electrons. The first-order valence-corrected chi connectivity index (χ1v) is 4.17. The van der Waals surface area contributed by atoms with Crippen molar-refractivity contribution in [1.82, 2.24) is 9.55 Å². The van der Waals surface area contributed by atoms with Gasteiger partial charge in [-0.05, 0) is 4.92 Å². The smallest absolute Gasteiger partial charge is 0.390 e. The lowest BCUT2D eigenvalue weighted by Crippen LogP contribution is -2.43. The maximum absolute atomic E-state index is 10.5. The molecule has 1 unspecified atom stereocenters. The lowest BCUT2D eigenvalue weighted by atomic mass is 10.3. The van der Waals surface area contributed by atoms with Crippen molar-refractivity contribution in [3.63, 3.8) is 0 Å². The van der Waals surface area contributed by atoms with Crippen LogP contribution in [0.2, 0.25) is 0 Å². The molecule has 0 fully saturated rings. The SMILES string of the molecule is COCCC(N)(O)n1ccnc1[N+](=O)[O-]. The average Bonchev–Trinajstić information content (AvgIpc) is 2.63. The molecule has 1 rings (SSSR count). The Morgan fingerprint density at radius 3 is 3.07 bits per heavy atom. The predicted octanol–water partition coefficient (Wildman–Crippen LogP) is -0.611. The van der Waals surface area contributed by atoms with Gasteiger partial charge in [-0.3, -0.25) is 5.73 Å². The van der Waals surface area contributed by atoms with E-state index in [0.717, 1.165) is 4.57 Å². The van der Waals surface area contributed by atoms with Crippen molar-refractivity contribution < 1.29 is 14.8 Å². The minimum Gasteiger partial charge on any atom is -0.390 e. The quantitative estimate of drug-likeness (QED) is 0.385. The molecule has 0 aromatic carbocycles.